The molecule has 0 amide bonds. The highest BCUT2D eigenvalue weighted by atomic mass is 79.9. The van der Waals surface area contributed by atoms with Crippen molar-refractivity contribution in [2.45, 2.75) is 18.4 Å². The highest BCUT2D eigenvalue weighted by molar-refractivity contribution is 9.10. The Morgan fingerprint density at radius 2 is 2.25 bits per heavy atom. The summed E-state index contributed by atoms with van der Waals surface area (Å²) < 4.78 is 5.99. The van der Waals surface area contributed by atoms with Crippen molar-refractivity contribution in [3.63, 3.8) is 0 Å². The van der Waals surface area contributed by atoms with Crippen molar-refractivity contribution in [1.29, 1.82) is 0 Å². The Balaban J connectivity index is 2.02. The quantitative estimate of drug-likeness (QED) is 0.908. The van der Waals surface area contributed by atoms with Crippen LogP contribution in [0.3, 0.4) is 0 Å². The molecule has 1 aliphatic rings. The monoisotopic (exact) mass is 280 g/mol. The second kappa shape index (κ2) is 3.36. The van der Waals surface area contributed by atoms with Gasteiger partial charge in [-0.25, -0.2) is 0 Å². The average molecular weight is 281 g/mol. The lowest BCUT2D eigenvalue weighted by atomic mass is 10.3. The van der Waals surface area contributed by atoms with Gasteiger partial charge in [-0.2, -0.15) is 4.98 Å². The topological polar surface area (TPSA) is 77.8 Å². The lowest BCUT2D eigenvalue weighted by Crippen LogP contribution is -2.18. The molecule has 82 valence electrons. The van der Waals surface area contributed by atoms with Gasteiger partial charge in [0.25, 0.3) is 0 Å². The average Bonchev–Trinajstić information content (AvgIpc) is 2.84. The summed E-state index contributed by atoms with van der Waals surface area (Å²) in [5.74, 6) is 0.972. The standard InChI is InChI=1S/C10H9BrN4O/c11-6-2-1-5-13-7(6)8-14-9(16-15-8)10(12)3-4-10/h1-2,5H,3-4,12H2. The van der Waals surface area contributed by atoms with Gasteiger partial charge in [-0.3, -0.25) is 4.98 Å². The fourth-order valence-electron chi connectivity index (χ4n) is 1.42. The van der Waals surface area contributed by atoms with Gasteiger partial charge in [0.15, 0.2) is 0 Å². The van der Waals surface area contributed by atoms with E-state index in [1.54, 1.807) is 6.20 Å². The first-order valence-corrected chi connectivity index (χ1v) is 5.72. The van der Waals surface area contributed by atoms with Gasteiger partial charge in [-0.1, -0.05) is 5.16 Å². The zero-order chi connectivity index (χ0) is 11.2. The molecule has 2 heterocycles. The third-order valence-corrected chi connectivity index (χ3v) is 3.25. The van der Waals surface area contributed by atoms with Crippen molar-refractivity contribution >= 4 is 15.9 Å². The van der Waals surface area contributed by atoms with Gasteiger partial charge in [-0.05, 0) is 40.9 Å². The predicted molar refractivity (Wildman–Crippen MR) is 60.3 cm³/mol. The van der Waals surface area contributed by atoms with Crippen LogP contribution in [-0.4, -0.2) is 15.1 Å². The van der Waals surface area contributed by atoms with E-state index in [0.29, 0.717) is 17.4 Å². The van der Waals surface area contributed by atoms with Gasteiger partial charge in [0.1, 0.15) is 5.69 Å². The van der Waals surface area contributed by atoms with Crippen LogP contribution >= 0.6 is 15.9 Å². The first kappa shape index (κ1) is 9.92. The van der Waals surface area contributed by atoms with Crippen molar-refractivity contribution < 1.29 is 4.52 Å². The molecule has 0 bridgehead atoms. The minimum atomic E-state index is -0.396. The molecule has 0 atom stereocenters. The van der Waals surface area contributed by atoms with Crippen molar-refractivity contribution in [1.82, 2.24) is 15.1 Å². The maximum Gasteiger partial charge on any atom is 0.247 e. The normalized spacial score (nSPS) is 17.4. The third kappa shape index (κ3) is 1.54. The number of hydrogen-bond donors (Lipinski definition) is 1. The second-order valence-electron chi connectivity index (χ2n) is 3.91. The van der Waals surface area contributed by atoms with Gasteiger partial charge >= 0.3 is 0 Å². The molecule has 5 nitrogen and oxygen atoms in total. The Hall–Kier alpha value is -1.27. The molecular formula is C10H9BrN4O. The summed E-state index contributed by atoms with van der Waals surface area (Å²) >= 11 is 3.39. The Morgan fingerprint density at radius 1 is 1.44 bits per heavy atom. The van der Waals surface area contributed by atoms with E-state index in [4.69, 9.17) is 10.3 Å². The third-order valence-electron chi connectivity index (χ3n) is 2.61. The number of rotatable bonds is 2. The molecule has 3 rings (SSSR count). The number of halogens is 1. The molecule has 0 spiro atoms. The summed E-state index contributed by atoms with van der Waals surface area (Å²) in [6.45, 7) is 0. The fourth-order valence-corrected chi connectivity index (χ4v) is 1.85. The van der Waals surface area contributed by atoms with Crippen molar-refractivity contribution in [3.05, 3.63) is 28.7 Å². The number of nitrogens with two attached hydrogens (primary N) is 1. The lowest BCUT2D eigenvalue weighted by Gasteiger charge is -1.98. The Bertz CT molecular complexity index is 535. The molecule has 0 unspecified atom stereocenters. The second-order valence-corrected chi connectivity index (χ2v) is 4.77. The molecule has 0 aliphatic heterocycles. The number of aromatic nitrogens is 3. The molecule has 16 heavy (non-hydrogen) atoms. The molecule has 0 saturated heterocycles. The van der Waals surface area contributed by atoms with E-state index in [-0.39, 0.29) is 0 Å². The summed E-state index contributed by atoms with van der Waals surface area (Å²) in [6.07, 6.45) is 3.49. The predicted octanol–water partition coefficient (Wildman–Crippen LogP) is 1.84. The molecule has 1 fully saturated rings. The molecule has 2 aromatic heterocycles. The van der Waals surface area contributed by atoms with E-state index in [2.05, 4.69) is 31.1 Å². The van der Waals surface area contributed by atoms with Crippen LogP contribution in [0.4, 0.5) is 0 Å². The summed E-state index contributed by atoms with van der Waals surface area (Å²) in [5.41, 5.74) is 6.24. The summed E-state index contributed by atoms with van der Waals surface area (Å²) in [6, 6.07) is 3.72. The van der Waals surface area contributed by atoms with Crippen molar-refractivity contribution in [2.24, 2.45) is 5.73 Å². The molecule has 1 aliphatic carbocycles. The van der Waals surface area contributed by atoms with Crippen LogP contribution in [0.1, 0.15) is 18.7 Å². The van der Waals surface area contributed by atoms with Crippen LogP contribution in [-0.2, 0) is 5.54 Å². The molecule has 0 aromatic carbocycles. The van der Waals surface area contributed by atoms with Crippen LogP contribution in [0.25, 0.3) is 11.5 Å². The minimum Gasteiger partial charge on any atom is -0.337 e. The van der Waals surface area contributed by atoms with E-state index >= 15 is 0 Å². The van der Waals surface area contributed by atoms with E-state index in [9.17, 15) is 0 Å². The van der Waals surface area contributed by atoms with Crippen molar-refractivity contribution in [3.8, 4) is 11.5 Å². The first-order chi connectivity index (χ1) is 7.69. The van der Waals surface area contributed by atoms with Gasteiger partial charge in [0.05, 0.1) is 5.54 Å². The molecule has 0 radical (unpaired) electrons. The van der Waals surface area contributed by atoms with Crippen LogP contribution in [0.5, 0.6) is 0 Å². The Labute approximate surface area is 100 Å². The van der Waals surface area contributed by atoms with Crippen molar-refractivity contribution in [2.75, 3.05) is 0 Å². The molecule has 1 saturated carbocycles. The van der Waals surface area contributed by atoms with E-state index in [1.807, 2.05) is 12.1 Å². The van der Waals surface area contributed by atoms with Crippen LogP contribution in [0.2, 0.25) is 0 Å². The zero-order valence-corrected chi connectivity index (χ0v) is 9.94. The SMILES string of the molecule is NC1(c2nc(-c3ncccc3Br)no2)CC1. The van der Waals surface area contributed by atoms with E-state index in [1.165, 1.54) is 0 Å². The maximum atomic E-state index is 5.97. The number of hydrogen-bond acceptors (Lipinski definition) is 5. The van der Waals surface area contributed by atoms with Crippen LogP contribution < -0.4 is 5.73 Å². The zero-order valence-electron chi connectivity index (χ0n) is 8.35. The Morgan fingerprint density at radius 3 is 2.94 bits per heavy atom. The van der Waals surface area contributed by atoms with Gasteiger partial charge < -0.3 is 10.3 Å². The highest BCUT2D eigenvalue weighted by Gasteiger charge is 2.45. The minimum absolute atomic E-state index is 0.396. The highest BCUT2D eigenvalue weighted by Crippen LogP contribution is 2.42. The van der Waals surface area contributed by atoms with Gasteiger partial charge in [0, 0.05) is 10.7 Å². The Kier molecular flexibility index (Phi) is 2.08. The van der Waals surface area contributed by atoms with Gasteiger partial charge in [0.2, 0.25) is 11.7 Å². The summed E-state index contributed by atoms with van der Waals surface area (Å²) in [5, 5.41) is 3.90. The van der Waals surface area contributed by atoms with Crippen LogP contribution in [0, 0.1) is 0 Å². The summed E-state index contributed by atoms with van der Waals surface area (Å²) in [4.78, 5) is 8.47. The number of pyridine rings is 1. The smallest absolute Gasteiger partial charge is 0.247 e. The van der Waals surface area contributed by atoms with Crippen LogP contribution in [0.15, 0.2) is 27.3 Å². The molecule has 6 heteroatoms. The lowest BCUT2D eigenvalue weighted by molar-refractivity contribution is 0.348. The van der Waals surface area contributed by atoms with Gasteiger partial charge in [-0.15, -0.1) is 0 Å². The molecule has 2 aromatic rings. The van der Waals surface area contributed by atoms with E-state index in [0.717, 1.165) is 17.3 Å². The fraction of sp³-hybridized carbons (Fsp3) is 0.300. The first-order valence-electron chi connectivity index (χ1n) is 4.93. The molecular weight excluding hydrogens is 272 g/mol. The summed E-state index contributed by atoms with van der Waals surface area (Å²) in [7, 11) is 0. The number of nitrogens with zero attached hydrogens (tertiary/aromatic N) is 3. The molecule has 2 N–H and O–H groups in total. The van der Waals surface area contributed by atoms with E-state index < -0.39 is 5.54 Å². The largest absolute Gasteiger partial charge is 0.337 e. The maximum absolute atomic E-state index is 5.97.